The first-order valence-electron chi connectivity index (χ1n) is 14.5. The van der Waals surface area contributed by atoms with E-state index in [2.05, 4.69) is 37.8 Å². The summed E-state index contributed by atoms with van der Waals surface area (Å²) in [5, 5.41) is 1.19. The van der Waals surface area contributed by atoms with Crippen LogP contribution in [0.4, 0.5) is 0 Å². The molecule has 4 nitrogen and oxygen atoms in total. The number of hydrogen-bond donors (Lipinski definition) is 0. The predicted octanol–water partition coefficient (Wildman–Crippen LogP) is 9.14. The Labute approximate surface area is 244 Å². The quantitative estimate of drug-likeness (QED) is 0.204. The molecule has 0 saturated carbocycles. The molecule has 0 spiro atoms. The van der Waals surface area contributed by atoms with E-state index in [4.69, 9.17) is 27.6 Å². The molecule has 6 heteroatoms. The number of amides is 1. The summed E-state index contributed by atoms with van der Waals surface area (Å²) in [6.45, 7) is 10.3. The van der Waals surface area contributed by atoms with Gasteiger partial charge in [-0.05, 0) is 92.6 Å². The van der Waals surface area contributed by atoms with Gasteiger partial charge < -0.3 is 14.2 Å². The van der Waals surface area contributed by atoms with E-state index in [0.29, 0.717) is 28.3 Å². The first-order valence-corrected chi connectivity index (χ1v) is 15.3. The number of carbonyl (C=O) groups excluding carboxylic acids is 1. The summed E-state index contributed by atoms with van der Waals surface area (Å²) in [4.78, 5) is 18.5. The van der Waals surface area contributed by atoms with Crippen LogP contribution in [0.2, 0.25) is 10.0 Å². The lowest BCUT2D eigenvalue weighted by Crippen LogP contribution is -2.47. The number of benzene rings is 2. The number of aryl methyl sites for hydroxylation is 1. The normalized spacial score (nSPS) is 14.7. The molecule has 2 aromatic carbocycles. The highest BCUT2D eigenvalue weighted by molar-refractivity contribution is 6.35. The average Bonchev–Trinajstić information content (AvgIpc) is 3.41. The van der Waals surface area contributed by atoms with E-state index >= 15 is 0 Å². The number of carbonyl (C=O) groups is 1. The van der Waals surface area contributed by atoms with Gasteiger partial charge >= 0.3 is 0 Å². The van der Waals surface area contributed by atoms with Crippen LogP contribution in [0.1, 0.15) is 81.0 Å². The number of halogens is 2. The van der Waals surface area contributed by atoms with Crippen molar-refractivity contribution in [3.63, 3.8) is 0 Å². The van der Waals surface area contributed by atoms with Crippen LogP contribution < -0.4 is 0 Å². The molecule has 39 heavy (non-hydrogen) atoms. The number of nitrogens with zero attached hydrogens (tertiary/aromatic N) is 2. The van der Waals surface area contributed by atoms with Crippen LogP contribution in [0.3, 0.4) is 0 Å². The first kappa shape index (κ1) is 29.7. The van der Waals surface area contributed by atoms with Crippen LogP contribution in [0.25, 0.3) is 11.3 Å². The number of rotatable bonds is 12. The Hall–Kier alpha value is -2.27. The lowest BCUT2D eigenvalue weighted by atomic mass is 10.00. The molecule has 0 N–H and O–H groups in total. The van der Waals surface area contributed by atoms with E-state index < -0.39 is 0 Å². The van der Waals surface area contributed by atoms with Crippen molar-refractivity contribution in [2.45, 2.75) is 78.3 Å². The van der Waals surface area contributed by atoms with E-state index in [-0.39, 0.29) is 11.9 Å². The van der Waals surface area contributed by atoms with Crippen LogP contribution in [-0.4, -0.2) is 41.4 Å². The summed E-state index contributed by atoms with van der Waals surface area (Å²) in [6.07, 6.45) is 7.82. The van der Waals surface area contributed by atoms with Gasteiger partial charge in [0.05, 0.1) is 11.6 Å². The summed E-state index contributed by atoms with van der Waals surface area (Å²) in [7, 11) is 0. The average molecular weight is 570 g/mol. The molecule has 0 radical (unpaired) electrons. The van der Waals surface area contributed by atoms with Gasteiger partial charge in [-0.2, -0.15) is 0 Å². The van der Waals surface area contributed by atoms with Crippen molar-refractivity contribution >= 4 is 29.1 Å². The smallest absolute Gasteiger partial charge is 0.254 e. The number of furan rings is 1. The van der Waals surface area contributed by atoms with Crippen LogP contribution in [0.5, 0.6) is 0 Å². The minimum atomic E-state index is 0.0643. The molecule has 1 amide bonds. The van der Waals surface area contributed by atoms with Gasteiger partial charge in [-0.15, -0.1) is 0 Å². The van der Waals surface area contributed by atoms with Gasteiger partial charge in [-0.1, -0.05) is 68.9 Å². The third kappa shape index (κ3) is 8.36. The molecule has 0 bridgehead atoms. The number of likely N-dealkylation sites (tertiary alicyclic amines) is 1. The van der Waals surface area contributed by atoms with Crippen LogP contribution in [0.15, 0.2) is 59.0 Å². The predicted molar refractivity (Wildman–Crippen MR) is 163 cm³/mol. The van der Waals surface area contributed by atoms with Gasteiger partial charge in [0, 0.05) is 35.3 Å². The zero-order valence-corrected chi connectivity index (χ0v) is 25.1. The molecule has 1 aliphatic rings. The second-order valence-corrected chi connectivity index (χ2v) is 12.1. The topological polar surface area (TPSA) is 36.7 Å². The standard InChI is InChI=1S/C33H42Cl2N2O2/c1-4-5-6-7-25-8-10-26(11-9-25)33(38)37(28-17-20-36(21-18-28)19-16-24(2)3)23-29-13-15-32(39-29)30-22-27(34)12-14-31(30)35/h8-15,22,24,28H,4-7,16-21,23H2,1-3H3. The van der Waals surface area contributed by atoms with Crippen molar-refractivity contribution in [2.24, 2.45) is 5.92 Å². The summed E-state index contributed by atoms with van der Waals surface area (Å²) < 4.78 is 6.23. The number of unbranched alkanes of at least 4 members (excludes halogenated alkanes) is 2. The largest absolute Gasteiger partial charge is 0.459 e. The zero-order chi connectivity index (χ0) is 27.8. The molecule has 0 aliphatic carbocycles. The summed E-state index contributed by atoms with van der Waals surface area (Å²) in [5.41, 5.74) is 2.78. The van der Waals surface area contributed by atoms with Gasteiger partial charge in [-0.3, -0.25) is 4.79 Å². The molecule has 1 aromatic heterocycles. The maximum absolute atomic E-state index is 13.9. The van der Waals surface area contributed by atoms with Gasteiger partial charge in [0.2, 0.25) is 0 Å². The molecular formula is C33H42Cl2N2O2. The van der Waals surface area contributed by atoms with Crippen molar-refractivity contribution in [1.82, 2.24) is 9.80 Å². The first-order chi connectivity index (χ1) is 18.8. The van der Waals surface area contributed by atoms with Gasteiger partial charge in [-0.25, -0.2) is 0 Å². The SMILES string of the molecule is CCCCCc1ccc(C(=O)N(Cc2ccc(-c3cc(Cl)ccc3Cl)o2)C2CCN(CCC(C)C)CC2)cc1. The highest BCUT2D eigenvalue weighted by Crippen LogP contribution is 2.33. The van der Waals surface area contributed by atoms with E-state index in [9.17, 15) is 4.79 Å². The Balaban J connectivity index is 1.51. The summed E-state index contributed by atoms with van der Waals surface area (Å²) in [5.74, 6) is 2.17. The van der Waals surface area contributed by atoms with Crippen molar-refractivity contribution in [3.8, 4) is 11.3 Å². The van der Waals surface area contributed by atoms with Crippen LogP contribution >= 0.6 is 23.2 Å². The third-order valence-corrected chi connectivity index (χ3v) is 8.30. The Morgan fingerprint density at radius 2 is 1.77 bits per heavy atom. The Bertz CT molecular complexity index is 1200. The summed E-state index contributed by atoms with van der Waals surface area (Å²) in [6, 6.07) is 17.6. The molecule has 1 fully saturated rings. The van der Waals surface area contributed by atoms with Crippen LogP contribution in [0, 0.1) is 5.92 Å². The molecule has 3 aromatic rings. The zero-order valence-electron chi connectivity index (χ0n) is 23.6. The minimum Gasteiger partial charge on any atom is -0.459 e. The molecule has 4 rings (SSSR count). The monoisotopic (exact) mass is 568 g/mol. The Kier molecular flexibility index (Phi) is 11.0. The Morgan fingerprint density at radius 3 is 2.46 bits per heavy atom. The highest BCUT2D eigenvalue weighted by Gasteiger charge is 2.29. The molecule has 0 unspecified atom stereocenters. The summed E-state index contributed by atoms with van der Waals surface area (Å²) >= 11 is 12.6. The lowest BCUT2D eigenvalue weighted by Gasteiger charge is -2.38. The van der Waals surface area contributed by atoms with Crippen molar-refractivity contribution in [1.29, 1.82) is 0 Å². The molecule has 2 heterocycles. The second-order valence-electron chi connectivity index (χ2n) is 11.2. The molecule has 210 valence electrons. The van der Waals surface area contributed by atoms with Gasteiger partial charge in [0.15, 0.2) is 0 Å². The van der Waals surface area contributed by atoms with Crippen LogP contribution in [-0.2, 0) is 13.0 Å². The molecule has 1 aliphatic heterocycles. The maximum atomic E-state index is 13.9. The van der Waals surface area contributed by atoms with Gasteiger partial charge in [0.1, 0.15) is 11.5 Å². The molecule has 0 atom stereocenters. The minimum absolute atomic E-state index is 0.0643. The lowest BCUT2D eigenvalue weighted by molar-refractivity contribution is 0.0527. The fraction of sp³-hybridized carbons (Fsp3) is 0.485. The molecular weight excluding hydrogens is 527 g/mol. The van der Waals surface area contributed by atoms with E-state index in [1.807, 2.05) is 35.2 Å². The van der Waals surface area contributed by atoms with E-state index in [1.165, 1.54) is 31.2 Å². The second kappa shape index (κ2) is 14.4. The number of hydrogen-bond acceptors (Lipinski definition) is 3. The van der Waals surface area contributed by atoms with Crippen molar-refractivity contribution in [3.05, 3.63) is 81.5 Å². The Morgan fingerprint density at radius 1 is 1.03 bits per heavy atom. The molecule has 1 saturated heterocycles. The van der Waals surface area contributed by atoms with E-state index in [1.54, 1.807) is 12.1 Å². The fourth-order valence-corrected chi connectivity index (χ4v) is 5.67. The third-order valence-electron chi connectivity index (χ3n) is 7.73. The fourth-order valence-electron chi connectivity index (χ4n) is 5.28. The van der Waals surface area contributed by atoms with Crippen molar-refractivity contribution in [2.75, 3.05) is 19.6 Å². The highest BCUT2D eigenvalue weighted by atomic mass is 35.5. The maximum Gasteiger partial charge on any atom is 0.254 e. The van der Waals surface area contributed by atoms with Gasteiger partial charge in [0.25, 0.3) is 5.91 Å². The van der Waals surface area contributed by atoms with E-state index in [0.717, 1.165) is 55.8 Å². The van der Waals surface area contributed by atoms with Crippen molar-refractivity contribution < 1.29 is 9.21 Å². The number of piperidine rings is 1.